The summed E-state index contributed by atoms with van der Waals surface area (Å²) in [5.74, 6) is 0. The second-order valence-electron chi connectivity index (χ2n) is 2.90. The van der Waals surface area contributed by atoms with Gasteiger partial charge >= 0.3 is 0 Å². The van der Waals surface area contributed by atoms with Crippen LogP contribution in [0.5, 0.6) is 0 Å². The number of rotatable bonds is 0. The molecular weight excluding hydrogens is 184 g/mol. The summed E-state index contributed by atoms with van der Waals surface area (Å²) in [7, 11) is 0. The van der Waals surface area contributed by atoms with Gasteiger partial charge in [-0.05, 0) is 31.5 Å². The predicted molar refractivity (Wildman–Crippen MR) is 70.4 cm³/mol. The molecule has 86 valence electrons. The van der Waals surface area contributed by atoms with Gasteiger partial charge in [0.15, 0.2) is 0 Å². The van der Waals surface area contributed by atoms with Gasteiger partial charge in [-0.25, -0.2) is 0 Å². The van der Waals surface area contributed by atoms with Crippen LogP contribution in [-0.4, -0.2) is 9.97 Å². The standard InChI is InChI=1S/C9H10N2.2C2H6.H2/c1-6-3-9-8(10-5-6)4-7(2)11-9;2*1-2;/h3-5,11H,1-2H3;2*1-2H3;1H. The van der Waals surface area contributed by atoms with Crippen molar-refractivity contribution in [3.05, 3.63) is 29.6 Å². The first-order valence-corrected chi connectivity index (χ1v) is 5.68. The van der Waals surface area contributed by atoms with Crippen molar-refractivity contribution in [2.45, 2.75) is 41.5 Å². The molecule has 2 heteroatoms. The molecular formula is C13H24N2. The highest BCUT2D eigenvalue weighted by molar-refractivity contribution is 5.76. The first-order valence-electron chi connectivity index (χ1n) is 5.68. The van der Waals surface area contributed by atoms with Crippen molar-refractivity contribution in [2.24, 2.45) is 0 Å². The van der Waals surface area contributed by atoms with Crippen LogP contribution in [0.1, 0.15) is 40.4 Å². The summed E-state index contributed by atoms with van der Waals surface area (Å²) >= 11 is 0. The Kier molecular flexibility index (Phi) is 6.43. The predicted octanol–water partition coefficient (Wildman–Crippen LogP) is 4.48. The van der Waals surface area contributed by atoms with Crippen molar-refractivity contribution >= 4 is 11.0 Å². The Hall–Kier alpha value is -1.31. The Labute approximate surface area is 94.2 Å². The Morgan fingerprint density at radius 2 is 1.67 bits per heavy atom. The summed E-state index contributed by atoms with van der Waals surface area (Å²) in [6, 6.07) is 4.16. The number of pyridine rings is 1. The van der Waals surface area contributed by atoms with Gasteiger partial charge in [-0.2, -0.15) is 0 Å². The Morgan fingerprint density at radius 1 is 1.07 bits per heavy atom. The van der Waals surface area contributed by atoms with Crippen LogP contribution >= 0.6 is 0 Å². The van der Waals surface area contributed by atoms with Crippen molar-refractivity contribution < 1.29 is 1.43 Å². The Balaban J connectivity index is 0. The second kappa shape index (κ2) is 7.04. The molecule has 2 heterocycles. The van der Waals surface area contributed by atoms with E-state index in [2.05, 4.69) is 22.1 Å². The highest BCUT2D eigenvalue weighted by Gasteiger charge is 1.96. The molecule has 0 saturated carbocycles. The quantitative estimate of drug-likeness (QED) is 0.679. The van der Waals surface area contributed by atoms with Crippen LogP contribution in [0.25, 0.3) is 11.0 Å². The third-order valence-corrected chi connectivity index (χ3v) is 1.74. The lowest BCUT2D eigenvalue weighted by Crippen LogP contribution is -1.76. The maximum Gasteiger partial charge on any atom is 0.0881 e. The number of fused-ring (bicyclic) bond motifs is 1. The van der Waals surface area contributed by atoms with Gasteiger partial charge in [-0.3, -0.25) is 4.98 Å². The summed E-state index contributed by atoms with van der Waals surface area (Å²) in [5.41, 5.74) is 4.54. The molecule has 0 saturated heterocycles. The third kappa shape index (κ3) is 3.74. The summed E-state index contributed by atoms with van der Waals surface area (Å²) in [6.07, 6.45) is 1.88. The van der Waals surface area contributed by atoms with Crippen LogP contribution in [0.3, 0.4) is 0 Å². The number of aromatic nitrogens is 2. The van der Waals surface area contributed by atoms with Crippen molar-refractivity contribution in [3.63, 3.8) is 0 Å². The maximum atomic E-state index is 4.27. The van der Waals surface area contributed by atoms with Crippen molar-refractivity contribution in [1.29, 1.82) is 0 Å². The smallest absolute Gasteiger partial charge is 0.0881 e. The molecule has 0 aliphatic carbocycles. The molecule has 0 radical (unpaired) electrons. The molecule has 2 rings (SSSR count). The van der Waals surface area contributed by atoms with E-state index in [1.54, 1.807) is 0 Å². The lowest BCUT2D eigenvalue weighted by molar-refractivity contribution is 1.29. The first kappa shape index (κ1) is 13.7. The molecule has 0 unspecified atom stereocenters. The van der Waals surface area contributed by atoms with Crippen LogP contribution in [0, 0.1) is 13.8 Å². The minimum Gasteiger partial charge on any atom is -0.357 e. The zero-order valence-corrected chi connectivity index (χ0v) is 10.7. The SMILES string of the molecule is CC.CC.Cc1cnc2cc(C)[nH]c2c1.[HH]. The molecule has 0 spiro atoms. The average Bonchev–Trinajstić information content (AvgIpc) is 2.63. The van der Waals surface area contributed by atoms with Gasteiger partial charge in [-0.15, -0.1) is 0 Å². The lowest BCUT2D eigenvalue weighted by Gasteiger charge is -1.89. The van der Waals surface area contributed by atoms with E-state index in [1.807, 2.05) is 47.7 Å². The summed E-state index contributed by atoms with van der Waals surface area (Å²) in [5, 5.41) is 0. The van der Waals surface area contributed by atoms with Crippen LogP contribution in [0.15, 0.2) is 18.3 Å². The number of hydrogen-bond donors (Lipinski definition) is 1. The minimum atomic E-state index is 0. The number of nitrogens with one attached hydrogen (secondary N) is 1. The summed E-state index contributed by atoms with van der Waals surface area (Å²) in [6.45, 7) is 12.1. The first-order chi connectivity index (χ1) is 7.25. The van der Waals surface area contributed by atoms with Crippen molar-refractivity contribution in [1.82, 2.24) is 9.97 Å². The molecule has 0 bridgehead atoms. The van der Waals surface area contributed by atoms with Gasteiger partial charge in [0.1, 0.15) is 0 Å². The summed E-state index contributed by atoms with van der Waals surface area (Å²) < 4.78 is 0. The molecule has 0 amide bonds. The normalized spacial score (nSPS) is 8.67. The van der Waals surface area contributed by atoms with Crippen LogP contribution in [0.2, 0.25) is 0 Å². The second-order valence-corrected chi connectivity index (χ2v) is 2.90. The van der Waals surface area contributed by atoms with Gasteiger partial charge < -0.3 is 4.98 Å². The highest BCUT2D eigenvalue weighted by Crippen LogP contribution is 2.12. The van der Waals surface area contributed by atoms with Gasteiger partial charge in [0.05, 0.1) is 11.0 Å². The molecule has 2 aromatic heterocycles. The Bertz CT molecular complexity index is 394. The lowest BCUT2D eigenvalue weighted by atomic mass is 10.3. The third-order valence-electron chi connectivity index (χ3n) is 1.74. The van der Waals surface area contributed by atoms with E-state index in [0.29, 0.717) is 0 Å². The van der Waals surface area contributed by atoms with E-state index in [1.165, 1.54) is 5.56 Å². The summed E-state index contributed by atoms with van der Waals surface area (Å²) in [4.78, 5) is 7.51. The molecule has 1 N–H and O–H groups in total. The fourth-order valence-electron chi connectivity index (χ4n) is 1.25. The van der Waals surface area contributed by atoms with E-state index in [4.69, 9.17) is 0 Å². The van der Waals surface area contributed by atoms with Crippen LogP contribution < -0.4 is 0 Å². The van der Waals surface area contributed by atoms with Crippen LogP contribution in [0.4, 0.5) is 0 Å². The fourth-order valence-corrected chi connectivity index (χ4v) is 1.25. The van der Waals surface area contributed by atoms with Gasteiger partial charge in [0, 0.05) is 13.3 Å². The van der Waals surface area contributed by atoms with Crippen molar-refractivity contribution in [2.75, 3.05) is 0 Å². The van der Waals surface area contributed by atoms with Gasteiger partial charge in [0.25, 0.3) is 0 Å². The number of aromatic amines is 1. The number of hydrogen-bond acceptors (Lipinski definition) is 1. The molecule has 2 aromatic rings. The van der Waals surface area contributed by atoms with Gasteiger partial charge in [0.2, 0.25) is 0 Å². The minimum absolute atomic E-state index is 0. The topological polar surface area (TPSA) is 28.7 Å². The molecule has 0 fully saturated rings. The number of H-pyrrole nitrogens is 1. The molecule has 0 aromatic carbocycles. The van der Waals surface area contributed by atoms with E-state index < -0.39 is 0 Å². The zero-order chi connectivity index (χ0) is 11.8. The highest BCUT2D eigenvalue weighted by atomic mass is 14.8. The molecule has 2 nitrogen and oxygen atoms in total. The molecule has 0 aliphatic heterocycles. The monoisotopic (exact) mass is 208 g/mol. The van der Waals surface area contributed by atoms with Gasteiger partial charge in [-0.1, -0.05) is 27.7 Å². The molecule has 0 aliphatic rings. The van der Waals surface area contributed by atoms with Crippen molar-refractivity contribution in [3.8, 4) is 0 Å². The maximum absolute atomic E-state index is 4.27. The van der Waals surface area contributed by atoms with Crippen LogP contribution in [-0.2, 0) is 0 Å². The molecule has 0 atom stereocenters. The van der Waals surface area contributed by atoms with E-state index in [9.17, 15) is 0 Å². The van der Waals surface area contributed by atoms with E-state index in [-0.39, 0.29) is 1.43 Å². The Morgan fingerprint density at radius 3 is 2.27 bits per heavy atom. The number of nitrogens with zero attached hydrogens (tertiary/aromatic N) is 1. The zero-order valence-electron chi connectivity index (χ0n) is 10.7. The van der Waals surface area contributed by atoms with E-state index in [0.717, 1.165) is 16.7 Å². The largest absolute Gasteiger partial charge is 0.357 e. The molecule has 15 heavy (non-hydrogen) atoms. The number of aryl methyl sites for hydroxylation is 2. The average molecular weight is 208 g/mol. The fraction of sp³-hybridized carbons (Fsp3) is 0.462. The van der Waals surface area contributed by atoms with E-state index >= 15 is 0 Å².